The van der Waals surface area contributed by atoms with Crippen LogP contribution in [-0.2, 0) is 19.4 Å². The second-order valence-corrected chi connectivity index (χ2v) is 8.67. The lowest BCUT2D eigenvalue weighted by molar-refractivity contribution is -0.123. The Labute approximate surface area is 142 Å². The Bertz CT molecular complexity index is 665. The molecule has 1 aromatic rings. The normalized spacial score (nSPS) is 13.0. The molecule has 2 N–H and O–H groups in total. The lowest BCUT2D eigenvalue weighted by Crippen LogP contribution is -2.43. The second-order valence-electron chi connectivity index (χ2n) is 6.41. The number of nitrogens with one attached hydrogen (secondary N) is 2. The quantitative estimate of drug-likeness (QED) is 0.802. The lowest BCUT2D eigenvalue weighted by Gasteiger charge is -2.23. The number of hydrogen-bond donors (Lipinski definition) is 2. The van der Waals surface area contributed by atoms with Crippen LogP contribution < -0.4 is 10.6 Å². The van der Waals surface area contributed by atoms with Gasteiger partial charge in [-0.05, 0) is 26.3 Å². The predicted octanol–water partition coefficient (Wildman–Crippen LogP) is 1.41. The number of carbonyl (C=O) groups excluding carboxylic acids is 2. The van der Waals surface area contributed by atoms with Gasteiger partial charge in [-0.2, -0.15) is 0 Å². The summed E-state index contributed by atoms with van der Waals surface area (Å²) in [7, 11) is -3.18. The van der Waals surface area contributed by atoms with Crippen molar-refractivity contribution in [3.8, 4) is 0 Å². The zero-order valence-electron chi connectivity index (χ0n) is 14.3. The van der Waals surface area contributed by atoms with Gasteiger partial charge < -0.3 is 15.4 Å². The molecule has 134 valence electrons. The first-order valence-electron chi connectivity index (χ1n) is 7.48. The van der Waals surface area contributed by atoms with Crippen LogP contribution in [0.2, 0.25) is 0 Å². The molecule has 2 amide bonds. The molecule has 1 atom stereocenters. The van der Waals surface area contributed by atoms with Crippen LogP contribution in [-0.4, -0.2) is 44.6 Å². The Morgan fingerprint density at radius 3 is 2.25 bits per heavy atom. The van der Waals surface area contributed by atoms with Crippen LogP contribution in [0.25, 0.3) is 0 Å². The average molecular weight is 356 g/mol. The summed E-state index contributed by atoms with van der Waals surface area (Å²) in [5.41, 5.74) is -0.127. The van der Waals surface area contributed by atoms with Crippen LogP contribution in [0.1, 0.15) is 32.4 Å². The van der Waals surface area contributed by atoms with Crippen molar-refractivity contribution in [2.45, 2.75) is 32.4 Å². The van der Waals surface area contributed by atoms with Crippen LogP contribution in [0.5, 0.6) is 0 Å². The van der Waals surface area contributed by atoms with Gasteiger partial charge in [0.05, 0.1) is 5.75 Å². The molecule has 0 aliphatic carbocycles. The van der Waals surface area contributed by atoms with E-state index in [-0.39, 0.29) is 12.3 Å². The van der Waals surface area contributed by atoms with Crippen molar-refractivity contribution in [2.24, 2.45) is 0 Å². The Kier molecular flexibility index (Phi) is 6.77. The maximum Gasteiger partial charge on any atom is 0.408 e. The number of amides is 2. The molecule has 0 saturated heterocycles. The molecular weight excluding hydrogens is 332 g/mol. The first kappa shape index (κ1) is 20.0. The maximum absolute atomic E-state index is 12.4. The molecule has 0 aromatic heterocycles. The van der Waals surface area contributed by atoms with E-state index in [0.29, 0.717) is 5.56 Å². The zero-order chi connectivity index (χ0) is 18.4. The van der Waals surface area contributed by atoms with Gasteiger partial charge in [0.25, 0.3) is 0 Å². The van der Waals surface area contributed by atoms with Gasteiger partial charge in [-0.15, -0.1) is 0 Å². The molecule has 8 heteroatoms. The van der Waals surface area contributed by atoms with Crippen LogP contribution in [0.4, 0.5) is 4.79 Å². The van der Waals surface area contributed by atoms with Crippen molar-refractivity contribution in [3.05, 3.63) is 35.9 Å². The Hall–Kier alpha value is -2.09. The van der Waals surface area contributed by atoms with Gasteiger partial charge in [-0.1, -0.05) is 30.3 Å². The molecule has 0 aliphatic rings. The number of carbonyl (C=O) groups is 2. The maximum atomic E-state index is 12.4. The van der Waals surface area contributed by atoms with Crippen molar-refractivity contribution in [1.29, 1.82) is 0 Å². The summed E-state index contributed by atoms with van der Waals surface area (Å²) >= 11 is 0. The topological polar surface area (TPSA) is 102 Å². The number of alkyl carbamates (subject to hydrolysis) is 1. The Morgan fingerprint density at radius 2 is 1.75 bits per heavy atom. The minimum Gasteiger partial charge on any atom is -0.444 e. The molecule has 1 unspecified atom stereocenters. The molecule has 1 rings (SSSR count). The van der Waals surface area contributed by atoms with Crippen molar-refractivity contribution >= 4 is 21.8 Å². The highest BCUT2D eigenvalue weighted by atomic mass is 32.2. The molecule has 1 aromatic carbocycles. The molecule has 24 heavy (non-hydrogen) atoms. The minimum absolute atomic E-state index is 0.0308. The molecule has 0 saturated carbocycles. The highest BCUT2D eigenvalue weighted by Crippen LogP contribution is 2.14. The van der Waals surface area contributed by atoms with Gasteiger partial charge in [-0.25, -0.2) is 13.2 Å². The van der Waals surface area contributed by atoms with E-state index in [1.165, 1.54) is 0 Å². The standard InChI is InChI=1S/C16H24N2O5S/c1-16(2,3)23-15(20)18-13(12-8-6-5-7-9-12)14(19)17-10-11-24(4,21)22/h5-9,13H,10-11H2,1-4H3,(H,17,19)(H,18,20). The number of benzene rings is 1. The molecule has 0 spiro atoms. The van der Waals surface area contributed by atoms with E-state index in [4.69, 9.17) is 4.74 Å². The smallest absolute Gasteiger partial charge is 0.408 e. The summed E-state index contributed by atoms with van der Waals surface area (Å²) < 4.78 is 27.5. The number of ether oxygens (including phenoxy) is 1. The van der Waals surface area contributed by atoms with Crippen molar-refractivity contribution in [2.75, 3.05) is 18.6 Å². The fourth-order valence-electron chi connectivity index (χ4n) is 1.83. The van der Waals surface area contributed by atoms with Gasteiger partial charge >= 0.3 is 6.09 Å². The fourth-order valence-corrected chi connectivity index (χ4v) is 2.31. The molecule has 0 aliphatic heterocycles. The zero-order valence-corrected chi connectivity index (χ0v) is 15.1. The first-order valence-corrected chi connectivity index (χ1v) is 9.54. The summed E-state index contributed by atoms with van der Waals surface area (Å²) in [4.78, 5) is 24.3. The molecule has 0 radical (unpaired) electrons. The first-order chi connectivity index (χ1) is 11.0. The largest absolute Gasteiger partial charge is 0.444 e. The van der Waals surface area contributed by atoms with Crippen LogP contribution in [0, 0.1) is 0 Å². The van der Waals surface area contributed by atoms with Gasteiger partial charge in [0.15, 0.2) is 0 Å². The predicted molar refractivity (Wildman–Crippen MR) is 91.3 cm³/mol. The van der Waals surface area contributed by atoms with Gasteiger partial charge in [0.2, 0.25) is 5.91 Å². The SMILES string of the molecule is CC(C)(C)OC(=O)NC(C(=O)NCCS(C)(=O)=O)c1ccccc1. The summed E-state index contributed by atoms with van der Waals surface area (Å²) in [6, 6.07) is 7.68. The van der Waals surface area contributed by atoms with Crippen LogP contribution in [0.15, 0.2) is 30.3 Å². The Balaban J connectivity index is 2.82. The third kappa shape index (κ3) is 7.96. The highest BCUT2D eigenvalue weighted by Gasteiger charge is 2.25. The third-order valence-corrected chi connectivity index (χ3v) is 3.77. The fraction of sp³-hybridized carbons (Fsp3) is 0.500. The molecule has 7 nitrogen and oxygen atoms in total. The van der Waals surface area contributed by atoms with E-state index in [2.05, 4.69) is 10.6 Å². The van der Waals surface area contributed by atoms with E-state index in [9.17, 15) is 18.0 Å². The minimum atomic E-state index is -3.18. The van der Waals surface area contributed by atoms with Crippen molar-refractivity contribution < 1.29 is 22.7 Å². The summed E-state index contributed by atoms with van der Waals surface area (Å²) in [5.74, 6) is -0.678. The average Bonchev–Trinajstić information content (AvgIpc) is 2.42. The number of rotatable bonds is 6. The van der Waals surface area contributed by atoms with E-state index >= 15 is 0 Å². The molecule has 0 heterocycles. The van der Waals surface area contributed by atoms with E-state index < -0.39 is 33.5 Å². The number of hydrogen-bond acceptors (Lipinski definition) is 5. The molecule has 0 fully saturated rings. The van der Waals surface area contributed by atoms with E-state index in [1.54, 1.807) is 51.1 Å². The van der Waals surface area contributed by atoms with Crippen LogP contribution in [0.3, 0.4) is 0 Å². The van der Waals surface area contributed by atoms with Crippen molar-refractivity contribution in [3.63, 3.8) is 0 Å². The molecule has 0 bridgehead atoms. The highest BCUT2D eigenvalue weighted by molar-refractivity contribution is 7.90. The van der Waals surface area contributed by atoms with E-state index in [0.717, 1.165) is 6.26 Å². The number of sulfone groups is 1. The van der Waals surface area contributed by atoms with Gasteiger partial charge in [-0.3, -0.25) is 4.79 Å². The summed E-state index contributed by atoms with van der Waals surface area (Å²) in [5, 5.41) is 5.03. The molecular formula is C16H24N2O5S. The summed E-state index contributed by atoms with van der Waals surface area (Å²) in [6.45, 7) is 5.12. The summed E-state index contributed by atoms with van der Waals surface area (Å²) in [6.07, 6.45) is 0.363. The lowest BCUT2D eigenvalue weighted by atomic mass is 10.1. The second kappa shape index (κ2) is 8.14. The Morgan fingerprint density at radius 1 is 1.17 bits per heavy atom. The monoisotopic (exact) mass is 356 g/mol. The van der Waals surface area contributed by atoms with Gasteiger partial charge in [0, 0.05) is 12.8 Å². The van der Waals surface area contributed by atoms with Crippen LogP contribution >= 0.6 is 0 Å². The third-order valence-electron chi connectivity index (χ3n) is 2.83. The van der Waals surface area contributed by atoms with Crippen molar-refractivity contribution in [1.82, 2.24) is 10.6 Å². The van der Waals surface area contributed by atoms with E-state index in [1.807, 2.05) is 0 Å². The van der Waals surface area contributed by atoms with Gasteiger partial charge in [0.1, 0.15) is 21.5 Å².